The lowest BCUT2D eigenvalue weighted by Gasteiger charge is -2.23. The summed E-state index contributed by atoms with van der Waals surface area (Å²) in [6.07, 6.45) is 3.32. The Balaban J connectivity index is 1.81. The third-order valence-electron chi connectivity index (χ3n) is 4.14. The van der Waals surface area contributed by atoms with Gasteiger partial charge in [-0.15, -0.1) is 0 Å². The van der Waals surface area contributed by atoms with E-state index in [9.17, 15) is 9.18 Å². The van der Waals surface area contributed by atoms with E-state index in [1.807, 2.05) is 0 Å². The summed E-state index contributed by atoms with van der Waals surface area (Å²) in [6.45, 7) is 1.88. The molecule has 0 unspecified atom stereocenters. The number of hydrogen-bond acceptors (Lipinski definition) is 7. The summed E-state index contributed by atoms with van der Waals surface area (Å²) in [5.74, 6) is -0.293. The lowest BCUT2D eigenvalue weighted by atomic mass is 10.0. The molecule has 4 N–H and O–H groups in total. The number of piperidine rings is 1. The SMILES string of the molecule is COc1cc(F)ccc1C(=O)c1cnc(NC2CCNCC2)nc1N. The number of benzene rings is 1. The molecule has 3 rings (SSSR count). The van der Waals surface area contributed by atoms with Crippen LogP contribution >= 0.6 is 0 Å². The van der Waals surface area contributed by atoms with Gasteiger partial charge in [0.2, 0.25) is 11.7 Å². The first-order valence-corrected chi connectivity index (χ1v) is 8.06. The van der Waals surface area contributed by atoms with Crippen molar-refractivity contribution in [2.45, 2.75) is 18.9 Å². The summed E-state index contributed by atoms with van der Waals surface area (Å²) in [7, 11) is 1.37. The van der Waals surface area contributed by atoms with Crippen molar-refractivity contribution in [3.8, 4) is 5.75 Å². The van der Waals surface area contributed by atoms with Gasteiger partial charge in [-0.2, -0.15) is 4.98 Å². The van der Waals surface area contributed by atoms with Gasteiger partial charge in [0.05, 0.1) is 18.2 Å². The van der Waals surface area contributed by atoms with Crippen LogP contribution in [0.25, 0.3) is 0 Å². The number of anilines is 2. The van der Waals surface area contributed by atoms with Crippen LogP contribution < -0.4 is 21.1 Å². The van der Waals surface area contributed by atoms with E-state index in [1.165, 1.54) is 25.4 Å². The molecule has 0 aliphatic carbocycles. The molecule has 1 fully saturated rings. The first kappa shape index (κ1) is 17.1. The lowest BCUT2D eigenvalue weighted by molar-refractivity contribution is 0.103. The summed E-state index contributed by atoms with van der Waals surface area (Å²) < 4.78 is 18.4. The highest BCUT2D eigenvalue weighted by atomic mass is 19.1. The van der Waals surface area contributed by atoms with E-state index in [-0.39, 0.29) is 28.7 Å². The summed E-state index contributed by atoms with van der Waals surface area (Å²) in [6, 6.07) is 3.98. The largest absolute Gasteiger partial charge is 0.496 e. The molecule has 1 aromatic carbocycles. The fraction of sp³-hybridized carbons (Fsp3) is 0.353. The van der Waals surface area contributed by atoms with Crippen molar-refractivity contribution < 1.29 is 13.9 Å². The van der Waals surface area contributed by atoms with Gasteiger partial charge in [-0.1, -0.05) is 0 Å². The minimum atomic E-state index is -0.487. The highest BCUT2D eigenvalue weighted by molar-refractivity contribution is 6.13. The maximum absolute atomic E-state index is 13.3. The number of carbonyl (C=O) groups is 1. The molecule has 8 heteroatoms. The molecule has 0 amide bonds. The van der Waals surface area contributed by atoms with Crippen molar-refractivity contribution in [1.82, 2.24) is 15.3 Å². The zero-order chi connectivity index (χ0) is 17.8. The number of rotatable bonds is 5. The standard InChI is InChI=1S/C17H20FN5O2/c1-25-14-8-10(18)2-3-12(14)15(24)13-9-21-17(23-16(13)19)22-11-4-6-20-7-5-11/h2-3,8-9,11,20H,4-7H2,1H3,(H3,19,21,22,23). The average molecular weight is 345 g/mol. The molecule has 1 aliphatic rings. The Hall–Kier alpha value is -2.74. The number of halogens is 1. The van der Waals surface area contributed by atoms with Crippen molar-refractivity contribution in [1.29, 1.82) is 0 Å². The Morgan fingerprint density at radius 3 is 2.80 bits per heavy atom. The van der Waals surface area contributed by atoms with E-state index in [0.717, 1.165) is 32.0 Å². The van der Waals surface area contributed by atoms with Crippen LogP contribution in [-0.4, -0.2) is 42.0 Å². The molecular weight excluding hydrogens is 325 g/mol. The van der Waals surface area contributed by atoms with E-state index in [2.05, 4.69) is 20.6 Å². The Kier molecular flexibility index (Phi) is 5.08. The van der Waals surface area contributed by atoms with Crippen LogP contribution in [0.15, 0.2) is 24.4 Å². The third kappa shape index (κ3) is 3.85. The molecule has 0 atom stereocenters. The van der Waals surface area contributed by atoms with Gasteiger partial charge in [0, 0.05) is 18.3 Å². The van der Waals surface area contributed by atoms with Crippen LogP contribution in [0, 0.1) is 5.82 Å². The number of ketones is 1. The van der Waals surface area contributed by atoms with E-state index in [4.69, 9.17) is 10.5 Å². The molecule has 1 saturated heterocycles. The van der Waals surface area contributed by atoms with Crippen LogP contribution in [0.2, 0.25) is 0 Å². The second-order valence-electron chi connectivity index (χ2n) is 5.83. The van der Waals surface area contributed by atoms with Crippen LogP contribution in [0.1, 0.15) is 28.8 Å². The van der Waals surface area contributed by atoms with Crippen LogP contribution in [-0.2, 0) is 0 Å². The van der Waals surface area contributed by atoms with E-state index in [0.29, 0.717) is 5.95 Å². The maximum atomic E-state index is 13.3. The predicted molar refractivity (Wildman–Crippen MR) is 92.3 cm³/mol. The molecule has 0 radical (unpaired) electrons. The van der Waals surface area contributed by atoms with Crippen LogP contribution in [0.5, 0.6) is 5.75 Å². The molecule has 1 aromatic heterocycles. The maximum Gasteiger partial charge on any atom is 0.224 e. The fourth-order valence-corrected chi connectivity index (χ4v) is 2.79. The average Bonchev–Trinajstić information content (AvgIpc) is 2.62. The van der Waals surface area contributed by atoms with Crippen molar-refractivity contribution in [3.63, 3.8) is 0 Å². The summed E-state index contributed by atoms with van der Waals surface area (Å²) in [5.41, 5.74) is 6.31. The van der Waals surface area contributed by atoms with Gasteiger partial charge >= 0.3 is 0 Å². The monoisotopic (exact) mass is 345 g/mol. The number of nitrogens with zero attached hydrogens (tertiary/aromatic N) is 2. The van der Waals surface area contributed by atoms with Gasteiger partial charge in [-0.3, -0.25) is 4.79 Å². The van der Waals surface area contributed by atoms with Crippen molar-refractivity contribution in [2.24, 2.45) is 0 Å². The topological polar surface area (TPSA) is 102 Å². The minimum absolute atomic E-state index is 0.0720. The minimum Gasteiger partial charge on any atom is -0.496 e. The number of hydrogen-bond donors (Lipinski definition) is 3. The first-order chi connectivity index (χ1) is 12.1. The zero-order valence-electron chi connectivity index (χ0n) is 13.9. The number of carbonyl (C=O) groups excluding carboxylic acids is 1. The molecule has 7 nitrogen and oxygen atoms in total. The molecule has 0 spiro atoms. The Morgan fingerprint density at radius 1 is 1.36 bits per heavy atom. The molecule has 0 bridgehead atoms. The molecule has 2 aromatic rings. The number of ether oxygens (including phenoxy) is 1. The number of nitrogen functional groups attached to an aromatic ring is 1. The molecule has 25 heavy (non-hydrogen) atoms. The third-order valence-corrected chi connectivity index (χ3v) is 4.14. The summed E-state index contributed by atoms with van der Waals surface area (Å²) in [5, 5.41) is 6.51. The number of nitrogens with one attached hydrogen (secondary N) is 2. The lowest BCUT2D eigenvalue weighted by Crippen LogP contribution is -2.35. The van der Waals surface area contributed by atoms with Gasteiger partial charge in [0.15, 0.2) is 0 Å². The zero-order valence-corrected chi connectivity index (χ0v) is 13.9. The molecular formula is C17H20FN5O2. The summed E-state index contributed by atoms with van der Waals surface area (Å²) in [4.78, 5) is 21.0. The second kappa shape index (κ2) is 7.43. The quantitative estimate of drug-likeness (QED) is 0.707. The smallest absolute Gasteiger partial charge is 0.224 e. The highest BCUT2D eigenvalue weighted by Crippen LogP contribution is 2.24. The van der Waals surface area contributed by atoms with Gasteiger partial charge < -0.3 is 21.1 Å². The Morgan fingerprint density at radius 2 is 2.12 bits per heavy atom. The number of aromatic nitrogens is 2. The van der Waals surface area contributed by atoms with Gasteiger partial charge in [-0.25, -0.2) is 9.37 Å². The second-order valence-corrected chi connectivity index (χ2v) is 5.83. The van der Waals surface area contributed by atoms with E-state index in [1.54, 1.807) is 0 Å². The van der Waals surface area contributed by atoms with Gasteiger partial charge in [0.1, 0.15) is 17.4 Å². The van der Waals surface area contributed by atoms with E-state index < -0.39 is 11.6 Å². The summed E-state index contributed by atoms with van der Waals surface area (Å²) >= 11 is 0. The van der Waals surface area contributed by atoms with Crippen molar-refractivity contribution in [3.05, 3.63) is 41.3 Å². The first-order valence-electron chi connectivity index (χ1n) is 8.06. The molecule has 0 saturated carbocycles. The van der Waals surface area contributed by atoms with Gasteiger partial charge in [0.25, 0.3) is 0 Å². The molecule has 1 aliphatic heterocycles. The van der Waals surface area contributed by atoms with E-state index >= 15 is 0 Å². The normalized spacial score (nSPS) is 15.0. The fourth-order valence-electron chi connectivity index (χ4n) is 2.79. The van der Waals surface area contributed by atoms with Crippen molar-refractivity contribution in [2.75, 3.05) is 31.2 Å². The van der Waals surface area contributed by atoms with Crippen LogP contribution in [0.4, 0.5) is 16.2 Å². The molecule has 2 heterocycles. The van der Waals surface area contributed by atoms with Gasteiger partial charge in [-0.05, 0) is 38.1 Å². The number of nitrogens with two attached hydrogens (primary N) is 1. The predicted octanol–water partition coefficient (Wildman–Crippen LogP) is 1.60. The number of methoxy groups -OCH3 is 1. The highest BCUT2D eigenvalue weighted by Gasteiger charge is 2.20. The Bertz CT molecular complexity index is 778. The Labute approximate surface area is 144 Å². The molecule has 132 valence electrons. The van der Waals surface area contributed by atoms with Crippen LogP contribution in [0.3, 0.4) is 0 Å². The van der Waals surface area contributed by atoms with Crippen molar-refractivity contribution >= 4 is 17.5 Å².